The molecule has 0 aliphatic heterocycles. The molecule has 1 aromatic heterocycles. The molecule has 0 atom stereocenters. The van der Waals surface area contributed by atoms with Gasteiger partial charge in [0.15, 0.2) is 5.82 Å². The predicted octanol–water partition coefficient (Wildman–Crippen LogP) is 2.79. The summed E-state index contributed by atoms with van der Waals surface area (Å²) in [5.41, 5.74) is 2.13. The number of anilines is 1. The Morgan fingerprint density at radius 1 is 1.40 bits per heavy atom. The molecular formula is C12H12N4O3S. The van der Waals surface area contributed by atoms with E-state index in [9.17, 15) is 10.1 Å². The van der Waals surface area contributed by atoms with Crippen molar-refractivity contribution in [1.29, 1.82) is 0 Å². The van der Waals surface area contributed by atoms with Crippen molar-refractivity contribution in [2.45, 2.75) is 4.90 Å². The first-order valence-electron chi connectivity index (χ1n) is 5.58. The zero-order valence-electron chi connectivity index (χ0n) is 10.6. The molecule has 0 fully saturated rings. The first-order chi connectivity index (χ1) is 9.63. The fraction of sp³-hybridized carbons (Fsp3) is 0.0833. The van der Waals surface area contributed by atoms with Gasteiger partial charge in [0.2, 0.25) is 5.88 Å². The summed E-state index contributed by atoms with van der Waals surface area (Å²) in [6, 6.07) is 9.83. The smallest absolute Gasteiger partial charge is 0.278 e. The normalized spacial score (nSPS) is 10.1. The molecule has 0 aliphatic rings. The van der Waals surface area contributed by atoms with E-state index in [2.05, 4.69) is 10.4 Å². The van der Waals surface area contributed by atoms with Gasteiger partial charge >= 0.3 is 0 Å². The Morgan fingerprint density at radius 2 is 2.15 bits per heavy atom. The highest BCUT2D eigenvalue weighted by molar-refractivity contribution is 7.98. The summed E-state index contributed by atoms with van der Waals surface area (Å²) in [6.07, 6.45) is 1.91. The number of thioether (sulfide) groups is 1. The Bertz CT molecular complexity index is 636. The van der Waals surface area contributed by atoms with E-state index in [4.69, 9.17) is 10.6 Å². The number of aromatic nitrogens is 1. The van der Waals surface area contributed by atoms with Gasteiger partial charge in [-0.05, 0) is 18.4 Å². The van der Waals surface area contributed by atoms with Crippen molar-refractivity contribution in [1.82, 2.24) is 4.98 Å². The van der Waals surface area contributed by atoms with Crippen LogP contribution >= 0.6 is 11.8 Å². The lowest BCUT2D eigenvalue weighted by atomic mass is 10.3. The number of para-hydroxylation sites is 1. The summed E-state index contributed by atoms with van der Waals surface area (Å²) < 4.78 is 5.60. The number of nitrogens with two attached hydrogens (primary N) is 1. The molecule has 1 aromatic carbocycles. The Balaban J connectivity index is 2.37. The number of nitro groups is 1. The molecule has 0 spiro atoms. The molecule has 0 aliphatic carbocycles. The number of nitrogens with one attached hydrogen (secondary N) is 1. The molecule has 7 nitrogen and oxygen atoms in total. The fourth-order valence-corrected chi connectivity index (χ4v) is 2.06. The maximum Gasteiger partial charge on any atom is 0.278 e. The van der Waals surface area contributed by atoms with Gasteiger partial charge < -0.3 is 10.2 Å². The topological polar surface area (TPSA) is 103 Å². The van der Waals surface area contributed by atoms with Gasteiger partial charge in [-0.25, -0.2) is 5.84 Å². The summed E-state index contributed by atoms with van der Waals surface area (Å²) >= 11 is 1.51. The SMILES string of the molecule is CSc1ccccc1Oc1cc([N+](=O)[O-])cc(NN)n1. The van der Waals surface area contributed by atoms with Crippen molar-refractivity contribution in [3.63, 3.8) is 0 Å². The average Bonchev–Trinajstić information content (AvgIpc) is 2.47. The van der Waals surface area contributed by atoms with E-state index in [0.29, 0.717) is 5.75 Å². The largest absolute Gasteiger partial charge is 0.438 e. The minimum Gasteiger partial charge on any atom is -0.438 e. The number of hydrogen-bond donors (Lipinski definition) is 2. The van der Waals surface area contributed by atoms with E-state index in [0.717, 1.165) is 4.90 Å². The third-order valence-electron chi connectivity index (χ3n) is 2.43. The lowest BCUT2D eigenvalue weighted by Gasteiger charge is -2.09. The van der Waals surface area contributed by atoms with Crippen molar-refractivity contribution in [2.24, 2.45) is 5.84 Å². The minimum absolute atomic E-state index is 0.105. The third-order valence-corrected chi connectivity index (χ3v) is 3.21. The number of pyridine rings is 1. The van der Waals surface area contributed by atoms with Crippen molar-refractivity contribution in [3.8, 4) is 11.6 Å². The number of nitrogen functional groups attached to an aromatic ring is 1. The van der Waals surface area contributed by atoms with Gasteiger partial charge in [-0.15, -0.1) is 11.8 Å². The van der Waals surface area contributed by atoms with Crippen LogP contribution in [-0.4, -0.2) is 16.2 Å². The van der Waals surface area contributed by atoms with Crippen LogP contribution in [0.2, 0.25) is 0 Å². The molecule has 2 rings (SSSR count). The molecular weight excluding hydrogens is 280 g/mol. The average molecular weight is 292 g/mol. The lowest BCUT2D eigenvalue weighted by molar-refractivity contribution is -0.384. The fourth-order valence-electron chi connectivity index (χ4n) is 1.54. The van der Waals surface area contributed by atoms with Crippen molar-refractivity contribution in [2.75, 3.05) is 11.7 Å². The molecule has 0 radical (unpaired) electrons. The van der Waals surface area contributed by atoms with Gasteiger partial charge in [-0.1, -0.05) is 12.1 Å². The summed E-state index contributed by atoms with van der Waals surface area (Å²) in [6.45, 7) is 0. The Kier molecular flexibility index (Phi) is 4.38. The van der Waals surface area contributed by atoms with Crippen LogP contribution < -0.4 is 16.0 Å². The summed E-state index contributed by atoms with van der Waals surface area (Å²) in [4.78, 5) is 15.3. The molecule has 8 heteroatoms. The second kappa shape index (κ2) is 6.22. The monoisotopic (exact) mass is 292 g/mol. The number of benzene rings is 1. The second-order valence-electron chi connectivity index (χ2n) is 3.70. The first kappa shape index (κ1) is 14.1. The van der Waals surface area contributed by atoms with E-state index in [1.165, 1.54) is 23.9 Å². The zero-order chi connectivity index (χ0) is 14.5. The number of ether oxygens (including phenoxy) is 1. The van der Waals surface area contributed by atoms with Crippen LogP contribution in [0.3, 0.4) is 0 Å². The Labute approximate surface area is 119 Å². The maximum absolute atomic E-state index is 10.8. The molecule has 20 heavy (non-hydrogen) atoms. The van der Waals surface area contributed by atoms with Crippen LogP contribution in [0.1, 0.15) is 0 Å². The lowest BCUT2D eigenvalue weighted by Crippen LogP contribution is -2.09. The molecule has 0 amide bonds. The number of nitrogens with zero attached hydrogens (tertiary/aromatic N) is 2. The summed E-state index contributed by atoms with van der Waals surface area (Å²) in [5.74, 6) is 6.09. The van der Waals surface area contributed by atoms with Gasteiger partial charge in [-0.3, -0.25) is 10.1 Å². The van der Waals surface area contributed by atoms with E-state index in [1.54, 1.807) is 6.07 Å². The van der Waals surface area contributed by atoms with Gasteiger partial charge in [0.05, 0.1) is 17.1 Å². The number of hydrazine groups is 1. The number of rotatable bonds is 5. The molecule has 3 N–H and O–H groups in total. The molecule has 2 aromatic rings. The molecule has 0 unspecified atom stereocenters. The van der Waals surface area contributed by atoms with Crippen LogP contribution in [-0.2, 0) is 0 Å². The van der Waals surface area contributed by atoms with Gasteiger partial charge in [-0.2, -0.15) is 4.98 Å². The maximum atomic E-state index is 10.8. The van der Waals surface area contributed by atoms with E-state index in [-0.39, 0.29) is 17.4 Å². The molecule has 0 saturated carbocycles. The van der Waals surface area contributed by atoms with E-state index >= 15 is 0 Å². The van der Waals surface area contributed by atoms with Crippen LogP contribution in [0.25, 0.3) is 0 Å². The molecule has 0 bridgehead atoms. The third kappa shape index (κ3) is 3.16. The van der Waals surface area contributed by atoms with Crippen LogP contribution in [0.5, 0.6) is 11.6 Å². The quantitative estimate of drug-likeness (QED) is 0.378. The molecule has 1 heterocycles. The van der Waals surface area contributed by atoms with Crippen molar-refractivity contribution in [3.05, 3.63) is 46.5 Å². The second-order valence-corrected chi connectivity index (χ2v) is 4.55. The Morgan fingerprint density at radius 3 is 2.80 bits per heavy atom. The minimum atomic E-state index is -0.532. The zero-order valence-corrected chi connectivity index (χ0v) is 11.4. The predicted molar refractivity (Wildman–Crippen MR) is 77.0 cm³/mol. The van der Waals surface area contributed by atoms with E-state index in [1.807, 2.05) is 24.5 Å². The highest BCUT2D eigenvalue weighted by Gasteiger charge is 2.13. The van der Waals surface area contributed by atoms with Crippen molar-refractivity contribution >= 4 is 23.3 Å². The van der Waals surface area contributed by atoms with Crippen molar-refractivity contribution < 1.29 is 9.66 Å². The standard InChI is InChI=1S/C12H12N4O3S/c1-20-10-5-3-2-4-9(10)19-12-7-8(16(17)18)6-11(14-12)15-13/h2-7H,13H2,1H3,(H,14,15). The van der Waals surface area contributed by atoms with Gasteiger partial charge in [0.1, 0.15) is 5.75 Å². The van der Waals surface area contributed by atoms with Crippen LogP contribution in [0.4, 0.5) is 11.5 Å². The highest BCUT2D eigenvalue weighted by atomic mass is 32.2. The van der Waals surface area contributed by atoms with Crippen LogP contribution in [0, 0.1) is 10.1 Å². The first-order valence-corrected chi connectivity index (χ1v) is 6.80. The van der Waals surface area contributed by atoms with Crippen LogP contribution in [0.15, 0.2) is 41.3 Å². The molecule has 0 saturated heterocycles. The summed E-state index contributed by atoms with van der Waals surface area (Å²) in [7, 11) is 0. The Hall–Kier alpha value is -2.32. The highest BCUT2D eigenvalue weighted by Crippen LogP contribution is 2.32. The van der Waals surface area contributed by atoms with Gasteiger partial charge in [0.25, 0.3) is 5.69 Å². The van der Waals surface area contributed by atoms with E-state index < -0.39 is 4.92 Å². The molecule has 104 valence electrons. The van der Waals surface area contributed by atoms with Gasteiger partial charge in [0, 0.05) is 4.90 Å². The summed E-state index contributed by atoms with van der Waals surface area (Å²) in [5, 5.41) is 10.8. The number of hydrogen-bond acceptors (Lipinski definition) is 7.